The van der Waals surface area contributed by atoms with Gasteiger partial charge < -0.3 is 14.8 Å². The van der Waals surface area contributed by atoms with Crippen LogP contribution in [0.2, 0.25) is 0 Å². The Labute approximate surface area is 192 Å². The number of amides is 1. The average Bonchev–Trinajstić information content (AvgIpc) is 3.26. The number of morpholine rings is 1. The van der Waals surface area contributed by atoms with E-state index in [9.17, 15) is 13.2 Å². The van der Waals surface area contributed by atoms with Crippen molar-refractivity contribution in [1.29, 1.82) is 0 Å². The summed E-state index contributed by atoms with van der Waals surface area (Å²) >= 11 is 1.39. The van der Waals surface area contributed by atoms with Gasteiger partial charge in [0.15, 0.2) is 5.13 Å². The molecule has 1 aromatic heterocycles. The number of anilines is 1. The molecule has 2 aliphatic rings. The molecule has 2 aromatic rings. The highest BCUT2D eigenvalue weighted by molar-refractivity contribution is 7.89. The zero-order valence-corrected chi connectivity index (χ0v) is 19.7. The molecule has 0 radical (unpaired) electrons. The molecule has 0 saturated carbocycles. The summed E-state index contributed by atoms with van der Waals surface area (Å²) in [7, 11) is -2.14. The molecule has 0 spiro atoms. The van der Waals surface area contributed by atoms with Gasteiger partial charge in [-0.3, -0.25) is 9.69 Å². The van der Waals surface area contributed by atoms with E-state index in [2.05, 4.69) is 15.2 Å². The molecule has 1 atom stereocenters. The number of nitrogens with zero attached hydrogens (tertiary/aromatic N) is 3. The Morgan fingerprint density at radius 1 is 1.25 bits per heavy atom. The highest BCUT2D eigenvalue weighted by atomic mass is 32.2. The number of rotatable bonds is 7. The summed E-state index contributed by atoms with van der Waals surface area (Å²) in [5.41, 5.74) is 0.916. The van der Waals surface area contributed by atoms with Crippen LogP contribution in [0.15, 0.2) is 34.5 Å². The Morgan fingerprint density at radius 3 is 2.72 bits per heavy atom. The Morgan fingerprint density at radius 2 is 2.00 bits per heavy atom. The first kappa shape index (κ1) is 23.1. The molecule has 2 saturated heterocycles. The molecule has 4 rings (SSSR count). The summed E-state index contributed by atoms with van der Waals surface area (Å²) in [6.45, 7) is 4.49. The maximum Gasteiger partial charge on any atom is 0.243 e. The van der Waals surface area contributed by atoms with Crippen molar-refractivity contribution >= 4 is 32.4 Å². The van der Waals surface area contributed by atoms with Gasteiger partial charge in [0.2, 0.25) is 15.9 Å². The largest absolute Gasteiger partial charge is 0.497 e. The number of hydrogen-bond donors (Lipinski definition) is 1. The summed E-state index contributed by atoms with van der Waals surface area (Å²) in [6.07, 6.45) is 1.28. The second kappa shape index (κ2) is 10.3. The summed E-state index contributed by atoms with van der Waals surface area (Å²) in [5.74, 6) is -0.00782. The summed E-state index contributed by atoms with van der Waals surface area (Å²) in [5, 5.41) is 5.38. The van der Waals surface area contributed by atoms with Crippen LogP contribution in [0, 0.1) is 5.92 Å². The summed E-state index contributed by atoms with van der Waals surface area (Å²) in [6, 6.07) is 6.31. The molecule has 11 heteroatoms. The number of carbonyl (C=O) groups excluding carboxylic acids is 1. The highest BCUT2D eigenvalue weighted by Crippen LogP contribution is 2.26. The minimum Gasteiger partial charge on any atom is -0.497 e. The third-order valence-corrected chi connectivity index (χ3v) is 8.41. The van der Waals surface area contributed by atoms with E-state index in [0.717, 1.165) is 38.5 Å². The van der Waals surface area contributed by atoms with Gasteiger partial charge in [-0.1, -0.05) is 0 Å². The second-order valence-corrected chi connectivity index (χ2v) is 10.7. The van der Waals surface area contributed by atoms with E-state index in [4.69, 9.17) is 9.47 Å². The predicted octanol–water partition coefficient (Wildman–Crippen LogP) is 2.02. The average molecular weight is 481 g/mol. The molecular formula is C21H28N4O5S2. The third kappa shape index (κ3) is 5.46. The van der Waals surface area contributed by atoms with Crippen molar-refractivity contribution in [1.82, 2.24) is 14.2 Å². The Bertz CT molecular complexity index is 1020. The molecule has 0 bridgehead atoms. The molecule has 174 valence electrons. The van der Waals surface area contributed by atoms with Crippen LogP contribution in [0.25, 0.3) is 0 Å². The van der Waals surface area contributed by atoms with Crippen LogP contribution < -0.4 is 10.1 Å². The van der Waals surface area contributed by atoms with Crippen LogP contribution in [0.5, 0.6) is 5.75 Å². The first-order chi connectivity index (χ1) is 15.5. The summed E-state index contributed by atoms with van der Waals surface area (Å²) in [4.78, 5) is 19.9. The monoisotopic (exact) mass is 480 g/mol. The number of thiazole rings is 1. The lowest BCUT2D eigenvalue weighted by Crippen LogP contribution is -2.43. The highest BCUT2D eigenvalue weighted by Gasteiger charge is 2.33. The number of hydrogen-bond acceptors (Lipinski definition) is 8. The number of sulfonamides is 1. The van der Waals surface area contributed by atoms with E-state index in [1.165, 1.54) is 34.9 Å². The number of carbonyl (C=O) groups is 1. The Hall–Kier alpha value is -2.05. The zero-order valence-electron chi connectivity index (χ0n) is 18.0. The van der Waals surface area contributed by atoms with Crippen LogP contribution in [0.3, 0.4) is 0 Å². The van der Waals surface area contributed by atoms with Crippen molar-refractivity contribution in [2.75, 3.05) is 51.8 Å². The number of ether oxygens (including phenoxy) is 2. The first-order valence-corrected chi connectivity index (χ1v) is 13.0. The van der Waals surface area contributed by atoms with Gasteiger partial charge in [-0.2, -0.15) is 4.31 Å². The molecule has 2 aliphatic heterocycles. The number of aromatic nitrogens is 1. The van der Waals surface area contributed by atoms with Crippen molar-refractivity contribution in [3.63, 3.8) is 0 Å². The van der Waals surface area contributed by atoms with Gasteiger partial charge in [0.1, 0.15) is 5.75 Å². The van der Waals surface area contributed by atoms with Crippen LogP contribution >= 0.6 is 11.3 Å². The number of methoxy groups -OCH3 is 1. The molecule has 3 heterocycles. The fourth-order valence-corrected chi connectivity index (χ4v) is 6.13. The van der Waals surface area contributed by atoms with E-state index in [1.807, 2.05) is 5.38 Å². The molecule has 1 amide bonds. The van der Waals surface area contributed by atoms with Crippen LogP contribution in [-0.2, 0) is 26.1 Å². The lowest BCUT2D eigenvalue weighted by molar-refractivity contribution is -0.120. The quantitative estimate of drug-likeness (QED) is 0.647. The van der Waals surface area contributed by atoms with Crippen molar-refractivity contribution in [3.8, 4) is 5.75 Å². The van der Waals surface area contributed by atoms with E-state index in [1.54, 1.807) is 12.1 Å². The van der Waals surface area contributed by atoms with Gasteiger partial charge >= 0.3 is 0 Å². The molecule has 1 N–H and O–H groups in total. The van der Waals surface area contributed by atoms with Crippen LogP contribution in [-0.4, -0.2) is 75.0 Å². The van der Waals surface area contributed by atoms with Crippen molar-refractivity contribution in [2.24, 2.45) is 5.92 Å². The zero-order chi connectivity index (χ0) is 22.6. The number of benzene rings is 1. The molecule has 1 aromatic carbocycles. The first-order valence-electron chi connectivity index (χ1n) is 10.7. The topological polar surface area (TPSA) is 101 Å². The second-order valence-electron chi connectivity index (χ2n) is 7.90. The molecular weight excluding hydrogens is 452 g/mol. The number of piperidine rings is 1. The molecule has 9 nitrogen and oxygen atoms in total. The van der Waals surface area contributed by atoms with E-state index in [0.29, 0.717) is 30.3 Å². The van der Waals surface area contributed by atoms with Crippen LogP contribution in [0.4, 0.5) is 5.13 Å². The molecule has 2 fully saturated rings. The van der Waals surface area contributed by atoms with E-state index in [-0.39, 0.29) is 17.3 Å². The van der Waals surface area contributed by atoms with Gasteiger partial charge in [0, 0.05) is 38.1 Å². The Kier molecular flexibility index (Phi) is 7.41. The van der Waals surface area contributed by atoms with Gasteiger partial charge in [-0.15, -0.1) is 11.3 Å². The maximum absolute atomic E-state index is 13.0. The van der Waals surface area contributed by atoms with Gasteiger partial charge in [-0.25, -0.2) is 13.4 Å². The normalized spacial score (nSPS) is 20.7. The SMILES string of the molecule is COc1ccc(S(=O)(=O)N2CCCC(C(=O)Nc3nc(CN4CCOCC4)cs3)C2)cc1. The minimum absolute atomic E-state index is 0.159. The number of nitrogens with one attached hydrogen (secondary N) is 1. The maximum atomic E-state index is 13.0. The fraction of sp³-hybridized carbons (Fsp3) is 0.524. The Balaban J connectivity index is 1.36. The van der Waals surface area contributed by atoms with Gasteiger partial charge in [0.25, 0.3) is 0 Å². The lowest BCUT2D eigenvalue weighted by atomic mass is 9.99. The van der Waals surface area contributed by atoms with Crippen molar-refractivity contribution in [2.45, 2.75) is 24.3 Å². The minimum atomic E-state index is -3.67. The van der Waals surface area contributed by atoms with Gasteiger partial charge in [-0.05, 0) is 37.1 Å². The molecule has 0 aliphatic carbocycles. The van der Waals surface area contributed by atoms with Gasteiger partial charge in [0.05, 0.1) is 36.8 Å². The van der Waals surface area contributed by atoms with E-state index < -0.39 is 15.9 Å². The van der Waals surface area contributed by atoms with E-state index >= 15 is 0 Å². The molecule has 1 unspecified atom stereocenters. The van der Waals surface area contributed by atoms with Crippen molar-refractivity contribution in [3.05, 3.63) is 35.3 Å². The molecule has 32 heavy (non-hydrogen) atoms. The van der Waals surface area contributed by atoms with Crippen molar-refractivity contribution < 1.29 is 22.7 Å². The fourth-order valence-electron chi connectivity index (χ4n) is 3.90. The smallest absolute Gasteiger partial charge is 0.243 e. The summed E-state index contributed by atoms with van der Waals surface area (Å²) < 4.78 is 37.9. The van der Waals surface area contributed by atoms with Crippen LogP contribution in [0.1, 0.15) is 18.5 Å². The predicted molar refractivity (Wildman–Crippen MR) is 121 cm³/mol. The standard InChI is InChI=1S/C21H28N4O5S2/c1-29-18-4-6-19(7-5-18)32(27,28)25-8-2-3-16(13-25)20(26)23-21-22-17(15-31-21)14-24-9-11-30-12-10-24/h4-7,15-16H,2-3,8-14H2,1H3,(H,22,23,26). The third-order valence-electron chi connectivity index (χ3n) is 5.72. The lowest BCUT2D eigenvalue weighted by Gasteiger charge is -2.31.